The van der Waals surface area contributed by atoms with Crippen LogP contribution in [0.1, 0.15) is 71.4 Å². The Labute approximate surface area is 207 Å². The van der Waals surface area contributed by atoms with Gasteiger partial charge in [-0.05, 0) is 25.0 Å². The molecule has 1 fully saturated rings. The molecule has 0 saturated heterocycles. The predicted molar refractivity (Wildman–Crippen MR) is 139 cm³/mol. The highest BCUT2D eigenvalue weighted by molar-refractivity contribution is 5.99. The first-order chi connectivity index (χ1) is 17.0. The van der Waals surface area contributed by atoms with Crippen molar-refractivity contribution >= 4 is 11.8 Å². The first-order valence-corrected chi connectivity index (χ1v) is 12.5. The lowest BCUT2D eigenvalue weighted by molar-refractivity contribution is 0.0788. The van der Waals surface area contributed by atoms with E-state index in [1.807, 2.05) is 18.2 Å². The van der Waals surface area contributed by atoms with E-state index in [-0.39, 0.29) is 30.3 Å². The molecule has 0 spiro atoms. The minimum absolute atomic E-state index is 0.00362. The zero-order chi connectivity index (χ0) is 25.0. The van der Waals surface area contributed by atoms with Crippen molar-refractivity contribution in [3.05, 3.63) is 89.1 Å². The average molecular weight is 477 g/mol. The van der Waals surface area contributed by atoms with Gasteiger partial charge in [-0.2, -0.15) is 0 Å². The van der Waals surface area contributed by atoms with E-state index in [1.165, 1.54) is 24.2 Å². The van der Waals surface area contributed by atoms with Crippen molar-refractivity contribution in [2.24, 2.45) is 0 Å². The zero-order valence-corrected chi connectivity index (χ0v) is 20.5. The Morgan fingerprint density at radius 3 is 2.31 bits per heavy atom. The van der Waals surface area contributed by atoms with Crippen LogP contribution in [0.4, 0.5) is 0 Å². The highest BCUT2D eigenvalue weighted by atomic mass is 16.2. The van der Waals surface area contributed by atoms with Crippen LogP contribution in [0.25, 0.3) is 0 Å². The molecule has 2 amide bonds. The number of aromatic nitrogens is 2. The van der Waals surface area contributed by atoms with E-state index in [0.29, 0.717) is 13.0 Å². The Bertz CT molecular complexity index is 1060. The number of carbonyl (C=O) groups is 2. The second kappa shape index (κ2) is 13.4. The van der Waals surface area contributed by atoms with Gasteiger partial charge in [-0.1, -0.05) is 50.3 Å². The summed E-state index contributed by atoms with van der Waals surface area (Å²) in [6, 6.07) is 5.73. The molecule has 2 heterocycles. The molecule has 0 radical (unpaired) electrons. The third-order valence-corrected chi connectivity index (χ3v) is 6.33. The number of nitrogens with one attached hydrogen (secondary N) is 1. The molecule has 186 valence electrons. The fourth-order valence-corrected chi connectivity index (χ4v) is 4.45. The molecule has 1 aliphatic rings. The van der Waals surface area contributed by atoms with Gasteiger partial charge in [0.1, 0.15) is 11.1 Å². The number of hydrogen-bond donors (Lipinski definition) is 1. The van der Waals surface area contributed by atoms with E-state index in [0.717, 1.165) is 31.4 Å². The summed E-state index contributed by atoms with van der Waals surface area (Å²) in [7, 11) is 0. The van der Waals surface area contributed by atoms with Gasteiger partial charge in [0.15, 0.2) is 0 Å². The maximum absolute atomic E-state index is 13.4. The minimum atomic E-state index is -0.550. The molecule has 0 aliphatic heterocycles. The molecular formula is C28H36N4O3. The van der Waals surface area contributed by atoms with E-state index in [2.05, 4.69) is 23.5 Å². The highest BCUT2D eigenvalue weighted by Gasteiger charge is 2.24. The van der Waals surface area contributed by atoms with Crippen LogP contribution >= 0.6 is 0 Å². The molecule has 1 aliphatic carbocycles. The van der Waals surface area contributed by atoms with Crippen LogP contribution in [0.5, 0.6) is 0 Å². The van der Waals surface area contributed by atoms with E-state index in [1.54, 1.807) is 35.3 Å². The molecule has 0 bridgehead atoms. The summed E-state index contributed by atoms with van der Waals surface area (Å²) in [5.74, 6) is -0.859. The molecule has 1 saturated carbocycles. The molecule has 3 rings (SSSR count). The van der Waals surface area contributed by atoms with Gasteiger partial charge in [0, 0.05) is 56.4 Å². The average Bonchev–Trinajstić information content (AvgIpc) is 2.85. The van der Waals surface area contributed by atoms with Crippen LogP contribution in [0.2, 0.25) is 0 Å². The normalized spacial score (nSPS) is 14.4. The number of carbonyl (C=O) groups excluding carboxylic acids is 2. The van der Waals surface area contributed by atoms with Gasteiger partial charge in [0.05, 0.1) is 0 Å². The number of nitrogens with zero attached hydrogens (tertiary/aromatic N) is 3. The maximum Gasteiger partial charge on any atom is 0.259 e. The summed E-state index contributed by atoms with van der Waals surface area (Å²) in [6.07, 6.45) is 16.1. The van der Waals surface area contributed by atoms with E-state index in [9.17, 15) is 14.4 Å². The van der Waals surface area contributed by atoms with Gasteiger partial charge in [0.2, 0.25) is 5.43 Å². The van der Waals surface area contributed by atoms with Gasteiger partial charge in [-0.15, -0.1) is 13.2 Å². The Kier molecular flexibility index (Phi) is 10.0. The molecule has 1 N–H and O–H groups in total. The second-order valence-electron chi connectivity index (χ2n) is 9.03. The van der Waals surface area contributed by atoms with E-state index >= 15 is 0 Å². The summed E-state index contributed by atoms with van der Waals surface area (Å²) in [4.78, 5) is 45.8. The molecule has 0 atom stereocenters. The second-order valence-corrected chi connectivity index (χ2v) is 9.03. The summed E-state index contributed by atoms with van der Waals surface area (Å²) >= 11 is 0. The first kappa shape index (κ1) is 26.1. The quantitative estimate of drug-likeness (QED) is 0.522. The van der Waals surface area contributed by atoms with Crippen molar-refractivity contribution in [3.8, 4) is 0 Å². The van der Waals surface area contributed by atoms with Crippen molar-refractivity contribution in [1.29, 1.82) is 0 Å². The highest BCUT2D eigenvalue weighted by Crippen LogP contribution is 2.17. The van der Waals surface area contributed by atoms with Gasteiger partial charge >= 0.3 is 0 Å². The van der Waals surface area contributed by atoms with Crippen LogP contribution in [0.15, 0.2) is 66.9 Å². The standard InChI is InChI=1S/C28H36N4O3/c1-3-17-32(18-4-2)28(35)25-21-31(19-15-22-12-10-11-16-29-22)20-24(26(25)33)27(34)30-23-13-8-6-5-7-9-14-23/h3-4,10-12,16,20-21,23H,1-2,5-9,13-15,17-19H2,(H,30,34). The van der Waals surface area contributed by atoms with Gasteiger partial charge in [0.25, 0.3) is 11.8 Å². The third kappa shape index (κ3) is 7.50. The molecule has 2 aromatic heterocycles. The van der Waals surface area contributed by atoms with Gasteiger partial charge in [-0.3, -0.25) is 19.4 Å². The Morgan fingerprint density at radius 1 is 1.03 bits per heavy atom. The number of aryl methyl sites for hydroxylation is 2. The topological polar surface area (TPSA) is 84.3 Å². The van der Waals surface area contributed by atoms with Crippen molar-refractivity contribution in [2.75, 3.05) is 13.1 Å². The minimum Gasteiger partial charge on any atom is -0.352 e. The number of hydrogen-bond acceptors (Lipinski definition) is 4. The van der Waals surface area contributed by atoms with Crippen molar-refractivity contribution in [1.82, 2.24) is 19.8 Å². The van der Waals surface area contributed by atoms with Crippen LogP contribution < -0.4 is 10.7 Å². The predicted octanol–water partition coefficient (Wildman–Crippen LogP) is 4.14. The van der Waals surface area contributed by atoms with Crippen molar-refractivity contribution in [3.63, 3.8) is 0 Å². The van der Waals surface area contributed by atoms with E-state index in [4.69, 9.17) is 0 Å². The van der Waals surface area contributed by atoms with Crippen LogP contribution in [-0.4, -0.2) is 45.4 Å². The van der Waals surface area contributed by atoms with Crippen molar-refractivity contribution in [2.45, 2.75) is 64.0 Å². The summed E-state index contributed by atoms with van der Waals surface area (Å²) in [5, 5.41) is 3.07. The third-order valence-electron chi connectivity index (χ3n) is 6.33. The summed E-state index contributed by atoms with van der Waals surface area (Å²) in [5.41, 5.74) is 0.307. The number of pyridine rings is 2. The SMILES string of the molecule is C=CCN(CC=C)C(=O)c1cn(CCc2ccccn2)cc(C(=O)NC2CCCCCCC2)c1=O. The van der Waals surface area contributed by atoms with Crippen LogP contribution in [0.3, 0.4) is 0 Å². The monoisotopic (exact) mass is 476 g/mol. The molecule has 0 unspecified atom stereocenters. The fourth-order valence-electron chi connectivity index (χ4n) is 4.45. The van der Waals surface area contributed by atoms with Crippen LogP contribution in [0, 0.1) is 0 Å². The number of amides is 2. The van der Waals surface area contributed by atoms with Crippen molar-refractivity contribution < 1.29 is 9.59 Å². The molecule has 7 heteroatoms. The lowest BCUT2D eigenvalue weighted by Crippen LogP contribution is -2.41. The molecule has 2 aromatic rings. The molecule has 7 nitrogen and oxygen atoms in total. The van der Waals surface area contributed by atoms with Crippen LogP contribution in [-0.2, 0) is 13.0 Å². The Balaban J connectivity index is 1.92. The summed E-state index contributed by atoms with van der Waals surface area (Å²) in [6.45, 7) is 8.43. The van der Waals surface area contributed by atoms with Gasteiger partial charge < -0.3 is 14.8 Å². The lowest BCUT2D eigenvalue weighted by Gasteiger charge is -2.22. The molecular weight excluding hydrogens is 440 g/mol. The number of rotatable bonds is 10. The molecule has 0 aromatic carbocycles. The Hall–Kier alpha value is -3.48. The maximum atomic E-state index is 13.4. The summed E-state index contributed by atoms with van der Waals surface area (Å²) < 4.78 is 1.75. The van der Waals surface area contributed by atoms with E-state index < -0.39 is 17.2 Å². The molecule has 35 heavy (non-hydrogen) atoms. The smallest absolute Gasteiger partial charge is 0.259 e. The first-order valence-electron chi connectivity index (χ1n) is 12.5. The van der Waals surface area contributed by atoms with Gasteiger partial charge in [-0.25, -0.2) is 0 Å². The fraction of sp³-hybridized carbons (Fsp3) is 0.429. The Morgan fingerprint density at radius 2 is 1.69 bits per heavy atom. The zero-order valence-electron chi connectivity index (χ0n) is 20.5. The largest absolute Gasteiger partial charge is 0.352 e. The lowest BCUT2D eigenvalue weighted by atomic mass is 9.96.